The monoisotopic (exact) mass is 275 g/mol. The van der Waals surface area contributed by atoms with Crippen molar-refractivity contribution in [2.45, 2.75) is 6.61 Å². The van der Waals surface area contributed by atoms with Crippen LogP contribution in [0.4, 0.5) is 5.69 Å². The van der Waals surface area contributed by atoms with Crippen LogP contribution in [0.15, 0.2) is 65.8 Å². The van der Waals surface area contributed by atoms with Crippen LogP contribution in [0.5, 0.6) is 0 Å². The molecule has 0 aromatic heterocycles. The molecule has 3 aromatic rings. The number of benzene rings is 3. The van der Waals surface area contributed by atoms with Gasteiger partial charge in [-0.2, -0.15) is 0 Å². The van der Waals surface area contributed by atoms with E-state index >= 15 is 0 Å². The Morgan fingerprint density at radius 3 is 2.43 bits per heavy atom. The first-order valence-corrected chi connectivity index (χ1v) is 6.61. The molecule has 0 aliphatic rings. The van der Waals surface area contributed by atoms with Crippen molar-refractivity contribution in [1.29, 1.82) is 0 Å². The van der Waals surface area contributed by atoms with E-state index in [-0.39, 0.29) is 6.61 Å². The fourth-order valence-corrected chi connectivity index (χ4v) is 2.62. The molecule has 0 radical (unpaired) electrons. The second-order valence-corrected chi connectivity index (χ2v) is 4.68. The van der Waals surface area contributed by atoms with Crippen LogP contribution in [-0.4, -0.2) is 5.11 Å². The van der Waals surface area contributed by atoms with Crippen molar-refractivity contribution >= 4 is 16.5 Å². The minimum atomic E-state index is -0.112. The van der Waals surface area contributed by atoms with Crippen LogP contribution in [0, 0.1) is 0 Å². The largest absolute Gasteiger partial charge is 0.392 e. The maximum absolute atomic E-state index is 9.84. The fourth-order valence-electron chi connectivity index (χ4n) is 2.62. The highest BCUT2D eigenvalue weighted by atomic mass is 16.3. The van der Waals surface area contributed by atoms with Crippen molar-refractivity contribution in [3.63, 3.8) is 0 Å². The highest BCUT2D eigenvalue weighted by Crippen LogP contribution is 2.38. The molecule has 0 aliphatic carbocycles. The van der Waals surface area contributed by atoms with E-state index in [2.05, 4.69) is 10.0 Å². The third kappa shape index (κ3) is 2.34. The maximum Gasteiger partial charge on any atom is 0.0694 e. The van der Waals surface area contributed by atoms with Gasteiger partial charge in [0.15, 0.2) is 0 Å². The van der Waals surface area contributed by atoms with Gasteiger partial charge in [0.2, 0.25) is 0 Å². The predicted octanol–water partition coefficient (Wildman–Crippen LogP) is 4.94. The lowest BCUT2D eigenvalue weighted by Crippen LogP contribution is -1.92. The summed E-state index contributed by atoms with van der Waals surface area (Å²) in [6, 6.07) is 19.3. The van der Waals surface area contributed by atoms with Crippen LogP contribution in [0.25, 0.3) is 32.3 Å². The van der Waals surface area contributed by atoms with Gasteiger partial charge in [-0.15, -0.1) is 0 Å². The molecule has 0 amide bonds. The van der Waals surface area contributed by atoms with Crippen LogP contribution in [-0.2, 0) is 6.61 Å². The van der Waals surface area contributed by atoms with Crippen molar-refractivity contribution in [3.05, 3.63) is 76.7 Å². The lowest BCUT2D eigenvalue weighted by atomic mass is 9.93. The van der Waals surface area contributed by atoms with Gasteiger partial charge in [-0.1, -0.05) is 59.7 Å². The van der Waals surface area contributed by atoms with Crippen LogP contribution in [0.1, 0.15) is 5.56 Å². The third-order valence-electron chi connectivity index (χ3n) is 3.51. The predicted molar refractivity (Wildman–Crippen MR) is 84.1 cm³/mol. The van der Waals surface area contributed by atoms with Gasteiger partial charge in [0, 0.05) is 10.6 Å². The van der Waals surface area contributed by atoms with Gasteiger partial charge in [0.05, 0.1) is 6.61 Å². The second-order valence-electron chi connectivity index (χ2n) is 4.68. The van der Waals surface area contributed by atoms with E-state index in [1.165, 1.54) is 0 Å². The number of hydrogen-bond donors (Lipinski definition) is 1. The van der Waals surface area contributed by atoms with E-state index in [0.29, 0.717) is 5.69 Å². The average Bonchev–Trinajstić information content (AvgIpc) is 2.54. The Kier molecular flexibility index (Phi) is 3.56. The first-order valence-electron chi connectivity index (χ1n) is 6.61. The number of azide groups is 1. The van der Waals surface area contributed by atoms with E-state index < -0.39 is 0 Å². The first-order chi connectivity index (χ1) is 10.3. The van der Waals surface area contributed by atoms with Crippen molar-refractivity contribution < 1.29 is 5.11 Å². The topological polar surface area (TPSA) is 69.0 Å². The standard InChI is InChI=1S/C17H13N3O/c18-20-19-16-10-13-8-4-5-9-14(13)15(11-21)17(16)12-6-2-1-3-7-12/h1-10,21H,11H2. The zero-order valence-corrected chi connectivity index (χ0v) is 11.3. The average molecular weight is 275 g/mol. The van der Waals surface area contributed by atoms with Gasteiger partial charge in [0.25, 0.3) is 0 Å². The summed E-state index contributed by atoms with van der Waals surface area (Å²) in [6.07, 6.45) is 0. The summed E-state index contributed by atoms with van der Waals surface area (Å²) in [6.45, 7) is -0.112. The van der Waals surface area contributed by atoms with Crippen molar-refractivity contribution in [3.8, 4) is 11.1 Å². The minimum Gasteiger partial charge on any atom is -0.392 e. The molecule has 0 aliphatic heterocycles. The highest BCUT2D eigenvalue weighted by molar-refractivity contribution is 5.97. The third-order valence-corrected chi connectivity index (χ3v) is 3.51. The van der Waals surface area contributed by atoms with Crippen molar-refractivity contribution in [2.24, 2.45) is 5.11 Å². The van der Waals surface area contributed by atoms with E-state index in [4.69, 9.17) is 5.53 Å². The van der Waals surface area contributed by atoms with Crippen LogP contribution >= 0.6 is 0 Å². The van der Waals surface area contributed by atoms with E-state index in [0.717, 1.165) is 27.5 Å². The second kappa shape index (κ2) is 5.67. The Morgan fingerprint density at radius 1 is 1.00 bits per heavy atom. The van der Waals surface area contributed by atoms with Crippen molar-refractivity contribution in [1.82, 2.24) is 0 Å². The number of aliphatic hydroxyl groups is 1. The van der Waals surface area contributed by atoms with Crippen molar-refractivity contribution in [2.75, 3.05) is 0 Å². The molecule has 0 unspecified atom stereocenters. The lowest BCUT2D eigenvalue weighted by Gasteiger charge is -2.14. The molecule has 1 N–H and O–H groups in total. The molecular weight excluding hydrogens is 262 g/mol. The minimum absolute atomic E-state index is 0.112. The Hall–Kier alpha value is -2.81. The summed E-state index contributed by atoms with van der Waals surface area (Å²) in [4.78, 5) is 2.92. The summed E-state index contributed by atoms with van der Waals surface area (Å²) < 4.78 is 0. The molecule has 0 bridgehead atoms. The number of fused-ring (bicyclic) bond motifs is 1. The summed E-state index contributed by atoms with van der Waals surface area (Å²) in [7, 11) is 0. The molecule has 21 heavy (non-hydrogen) atoms. The molecule has 3 rings (SSSR count). The van der Waals surface area contributed by atoms with Gasteiger partial charge < -0.3 is 5.11 Å². The summed E-state index contributed by atoms with van der Waals surface area (Å²) >= 11 is 0. The Bertz CT molecular complexity index is 837. The molecule has 0 heterocycles. The normalized spacial score (nSPS) is 10.3. The molecule has 0 saturated carbocycles. The molecule has 0 fully saturated rings. The molecule has 3 aromatic carbocycles. The first kappa shape index (κ1) is 13.2. The van der Waals surface area contributed by atoms with Crippen LogP contribution in [0.2, 0.25) is 0 Å². The Labute approximate surface area is 121 Å². The molecule has 0 spiro atoms. The number of rotatable bonds is 3. The molecule has 0 saturated heterocycles. The molecular formula is C17H13N3O. The number of aliphatic hydroxyl groups excluding tert-OH is 1. The van der Waals surface area contributed by atoms with E-state index in [1.807, 2.05) is 60.7 Å². The van der Waals surface area contributed by atoms with Gasteiger partial charge >= 0.3 is 0 Å². The van der Waals surface area contributed by atoms with Crippen LogP contribution in [0.3, 0.4) is 0 Å². The highest BCUT2D eigenvalue weighted by Gasteiger charge is 2.13. The molecule has 4 heteroatoms. The van der Waals surface area contributed by atoms with Gasteiger partial charge in [0.1, 0.15) is 0 Å². The zero-order valence-electron chi connectivity index (χ0n) is 11.3. The number of nitrogens with zero attached hydrogens (tertiary/aromatic N) is 3. The summed E-state index contributed by atoms with van der Waals surface area (Å²) in [5, 5.41) is 15.6. The maximum atomic E-state index is 9.84. The fraction of sp³-hybridized carbons (Fsp3) is 0.0588. The van der Waals surface area contributed by atoms with E-state index in [1.54, 1.807) is 0 Å². The number of hydrogen-bond acceptors (Lipinski definition) is 2. The molecule has 4 nitrogen and oxygen atoms in total. The Balaban J connectivity index is 2.44. The van der Waals surface area contributed by atoms with Gasteiger partial charge in [-0.25, -0.2) is 0 Å². The SMILES string of the molecule is [N-]=[N+]=Nc1cc2ccccc2c(CO)c1-c1ccccc1. The van der Waals surface area contributed by atoms with Gasteiger partial charge in [-0.3, -0.25) is 0 Å². The smallest absolute Gasteiger partial charge is 0.0694 e. The Morgan fingerprint density at radius 2 is 1.71 bits per heavy atom. The molecule has 0 atom stereocenters. The van der Waals surface area contributed by atoms with E-state index in [9.17, 15) is 5.11 Å². The summed E-state index contributed by atoms with van der Waals surface area (Å²) in [5.74, 6) is 0. The lowest BCUT2D eigenvalue weighted by molar-refractivity contribution is 0.284. The summed E-state index contributed by atoms with van der Waals surface area (Å²) in [5.41, 5.74) is 11.8. The van der Waals surface area contributed by atoms with Gasteiger partial charge in [-0.05, 0) is 39.1 Å². The molecule has 102 valence electrons. The quantitative estimate of drug-likeness (QED) is 0.410. The van der Waals surface area contributed by atoms with Crippen LogP contribution < -0.4 is 0 Å². The zero-order chi connectivity index (χ0) is 14.7.